The van der Waals surface area contributed by atoms with Gasteiger partial charge in [0.15, 0.2) is 0 Å². The van der Waals surface area contributed by atoms with Crippen LogP contribution in [0.1, 0.15) is 31.7 Å². The number of likely N-dealkylation sites (tertiary alicyclic amines) is 1. The molecule has 3 amide bonds. The van der Waals surface area contributed by atoms with E-state index in [1.54, 1.807) is 27.2 Å². The van der Waals surface area contributed by atoms with Crippen molar-refractivity contribution in [1.82, 2.24) is 10.2 Å². The quantitative estimate of drug-likeness (QED) is 0.690. The molecule has 0 aliphatic carbocycles. The largest absolute Gasteiger partial charge is 0.497 e. The fraction of sp³-hybridized carbons (Fsp3) is 0.526. The van der Waals surface area contributed by atoms with E-state index in [1.807, 2.05) is 12.1 Å². The fourth-order valence-electron chi connectivity index (χ4n) is 3.22. The highest BCUT2D eigenvalue weighted by atomic mass is 16.5. The minimum atomic E-state index is -0.711. The molecule has 1 fully saturated rings. The summed E-state index contributed by atoms with van der Waals surface area (Å²) in [5.41, 5.74) is 6.24. The minimum Gasteiger partial charge on any atom is -0.497 e. The Hall–Kier alpha value is -2.77. The average Bonchev–Trinajstić information content (AvgIpc) is 3.15. The maximum atomic E-state index is 12.5. The number of rotatable bonds is 8. The lowest BCUT2D eigenvalue weighted by atomic mass is 10.1. The number of ether oxygens (including phenoxy) is 2. The van der Waals surface area contributed by atoms with E-state index in [0.717, 1.165) is 12.0 Å². The Morgan fingerprint density at radius 1 is 1.22 bits per heavy atom. The lowest BCUT2D eigenvalue weighted by Crippen LogP contribution is -2.51. The zero-order valence-corrected chi connectivity index (χ0v) is 16.0. The second-order valence-corrected chi connectivity index (χ2v) is 6.60. The van der Waals surface area contributed by atoms with Crippen molar-refractivity contribution in [1.29, 1.82) is 0 Å². The van der Waals surface area contributed by atoms with Crippen molar-refractivity contribution in [2.45, 2.75) is 44.7 Å². The van der Waals surface area contributed by atoms with Crippen LogP contribution in [0.3, 0.4) is 0 Å². The number of nitrogens with zero attached hydrogens (tertiary/aromatic N) is 1. The van der Waals surface area contributed by atoms with E-state index in [9.17, 15) is 14.4 Å². The van der Waals surface area contributed by atoms with Crippen molar-refractivity contribution in [3.63, 3.8) is 0 Å². The molecule has 0 bridgehead atoms. The van der Waals surface area contributed by atoms with Crippen LogP contribution >= 0.6 is 0 Å². The first kappa shape index (κ1) is 20.5. The molecule has 1 aliphatic rings. The van der Waals surface area contributed by atoms with Crippen molar-refractivity contribution in [3.05, 3.63) is 23.8 Å². The van der Waals surface area contributed by atoms with Crippen molar-refractivity contribution >= 4 is 17.7 Å². The Morgan fingerprint density at radius 3 is 2.41 bits per heavy atom. The molecule has 8 nitrogen and oxygen atoms in total. The van der Waals surface area contributed by atoms with Gasteiger partial charge in [-0.15, -0.1) is 0 Å². The van der Waals surface area contributed by atoms with Gasteiger partial charge in [0.1, 0.15) is 23.6 Å². The normalized spacial score (nSPS) is 17.3. The third-order valence-corrected chi connectivity index (χ3v) is 4.66. The highest BCUT2D eigenvalue weighted by Crippen LogP contribution is 2.23. The predicted octanol–water partition coefficient (Wildman–Crippen LogP) is 0.617. The van der Waals surface area contributed by atoms with E-state index in [4.69, 9.17) is 15.2 Å². The van der Waals surface area contributed by atoms with Crippen LogP contribution in [0.25, 0.3) is 0 Å². The van der Waals surface area contributed by atoms with Crippen LogP contribution in [0.15, 0.2) is 18.2 Å². The summed E-state index contributed by atoms with van der Waals surface area (Å²) in [5, 5.41) is 2.70. The van der Waals surface area contributed by atoms with E-state index in [2.05, 4.69) is 5.32 Å². The summed E-state index contributed by atoms with van der Waals surface area (Å²) in [4.78, 5) is 37.6. The van der Waals surface area contributed by atoms with Gasteiger partial charge in [0, 0.05) is 19.0 Å². The second kappa shape index (κ2) is 9.25. The van der Waals surface area contributed by atoms with Gasteiger partial charge in [-0.1, -0.05) is 0 Å². The molecule has 0 spiro atoms. The molecular formula is C19H27N3O5. The van der Waals surface area contributed by atoms with Crippen molar-refractivity contribution < 1.29 is 23.9 Å². The summed E-state index contributed by atoms with van der Waals surface area (Å²) >= 11 is 0. The van der Waals surface area contributed by atoms with Crippen LogP contribution in [0.5, 0.6) is 11.5 Å². The number of nitrogens with one attached hydrogen (secondary N) is 1. The first-order valence-corrected chi connectivity index (χ1v) is 8.96. The number of carbonyl (C=O) groups excluding carboxylic acids is 3. The molecule has 2 rings (SSSR count). The molecule has 1 heterocycles. The van der Waals surface area contributed by atoms with Crippen molar-refractivity contribution in [2.24, 2.45) is 5.73 Å². The van der Waals surface area contributed by atoms with E-state index in [0.29, 0.717) is 30.9 Å². The number of methoxy groups -OCH3 is 2. The monoisotopic (exact) mass is 377 g/mol. The average molecular weight is 377 g/mol. The molecule has 0 unspecified atom stereocenters. The van der Waals surface area contributed by atoms with Crippen molar-refractivity contribution in [2.75, 3.05) is 20.8 Å². The highest BCUT2D eigenvalue weighted by molar-refractivity contribution is 5.91. The van der Waals surface area contributed by atoms with E-state index < -0.39 is 18.0 Å². The van der Waals surface area contributed by atoms with Gasteiger partial charge in [-0.25, -0.2) is 0 Å². The Labute approximate surface area is 159 Å². The lowest BCUT2D eigenvalue weighted by Gasteiger charge is -2.25. The Kier molecular flexibility index (Phi) is 7.04. The van der Waals surface area contributed by atoms with Gasteiger partial charge in [0.25, 0.3) is 0 Å². The fourth-order valence-corrected chi connectivity index (χ4v) is 3.22. The minimum absolute atomic E-state index is 0.215. The summed E-state index contributed by atoms with van der Waals surface area (Å²) < 4.78 is 10.4. The highest BCUT2D eigenvalue weighted by Gasteiger charge is 2.35. The maximum absolute atomic E-state index is 12.5. The first-order chi connectivity index (χ1) is 12.8. The molecule has 1 aromatic carbocycles. The smallest absolute Gasteiger partial charge is 0.245 e. The molecule has 148 valence electrons. The predicted molar refractivity (Wildman–Crippen MR) is 99.4 cm³/mol. The summed E-state index contributed by atoms with van der Waals surface area (Å²) in [5.74, 6) is 0.270. The second-order valence-electron chi connectivity index (χ2n) is 6.60. The van der Waals surface area contributed by atoms with Crippen LogP contribution in [-0.2, 0) is 20.8 Å². The van der Waals surface area contributed by atoms with Gasteiger partial charge in [0.2, 0.25) is 17.7 Å². The first-order valence-electron chi connectivity index (χ1n) is 8.96. The molecular weight excluding hydrogens is 350 g/mol. The summed E-state index contributed by atoms with van der Waals surface area (Å²) in [6, 6.07) is 4.14. The lowest BCUT2D eigenvalue weighted by molar-refractivity contribution is -0.140. The molecule has 1 aromatic rings. The van der Waals surface area contributed by atoms with E-state index in [1.165, 1.54) is 4.90 Å². The number of hydrogen-bond donors (Lipinski definition) is 2. The van der Waals surface area contributed by atoms with E-state index >= 15 is 0 Å². The number of carbonyl (C=O) groups is 3. The number of amides is 3. The maximum Gasteiger partial charge on any atom is 0.245 e. The molecule has 3 N–H and O–H groups in total. The summed E-state index contributed by atoms with van der Waals surface area (Å²) in [6.45, 7) is 2.10. The molecule has 0 radical (unpaired) electrons. The SMILES string of the molecule is COc1cc(CCC(=O)N[C@@H](C)C(=O)N2CCC[C@H]2C(N)=O)cc(OC)c1. The summed E-state index contributed by atoms with van der Waals surface area (Å²) in [6.07, 6.45) is 2.00. The molecule has 1 aliphatic heterocycles. The molecule has 0 saturated carbocycles. The number of benzene rings is 1. The Morgan fingerprint density at radius 2 is 1.85 bits per heavy atom. The number of primary amides is 1. The third-order valence-electron chi connectivity index (χ3n) is 4.66. The molecule has 2 atom stereocenters. The van der Waals surface area contributed by atoms with Crippen LogP contribution in [0.4, 0.5) is 0 Å². The van der Waals surface area contributed by atoms with Crippen LogP contribution in [-0.4, -0.2) is 55.5 Å². The molecule has 8 heteroatoms. The zero-order chi connectivity index (χ0) is 20.0. The zero-order valence-electron chi connectivity index (χ0n) is 16.0. The van der Waals surface area contributed by atoms with Gasteiger partial charge in [-0.2, -0.15) is 0 Å². The van der Waals surface area contributed by atoms with Gasteiger partial charge in [-0.3, -0.25) is 14.4 Å². The molecule has 0 aromatic heterocycles. The van der Waals surface area contributed by atoms with Crippen LogP contribution in [0.2, 0.25) is 0 Å². The third kappa shape index (κ3) is 5.35. The van der Waals surface area contributed by atoms with Gasteiger partial charge in [0.05, 0.1) is 14.2 Å². The van der Waals surface area contributed by atoms with Crippen LogP contribution < -0.4 is 20.5 Å². The van der Waals surface area contributed by atoms with Crippen molar-refractivity contribution in [3.8, 4) is 11.5 Å². The van der Waals surface area contributed by atoms with Crippen LogP contribution in [0, 0.1) is 0 Å². The van der Waals surface area contributed by atoms with E-state index in [-0.39, 0.29) is 18.2 Å². The van der Waals surface area contributed by atoms with Gasteiger partial charge >= 0.3 is 0 Å². The van der Waals surface area contributed by atoms with Gasteiger partial charge in [-0.05, 0) is 43.9 Å². The summed E-state index contributed by atoms with van der Waals surface area (Å²) in [7, 11) is 3.13. The molecule has 1 saturated heterocycles. The number of hydrogen-bond acceptors (Lipinski definition) is 5. The molecule has 27 heavy (non-hydrogen) atoms. The standard InChI is InChI=1S/C19H27N3O5/c1-12(19(25)22-8-4-5-16(22)18(20)24)21-17(23)7-6-13-9-14(26-2)11-15(10-13)27-3/h9-12,16H,4-8H2,1-3H3,(H2,20,24)(H,21,23)/t12-,16-/m0/s1. The Bertz CT molecular complexity index is 684. The topological polar surface area (TPSA) is 111 Å². The number of nitrogens with two attached hydrogens (primary N) is 1. The Balaban J connectivity index is 1.90. The number of aryl methyl sites for hydroxylation is 1. The van der Waals surface area contributed by atoms with Gasteiger partial charge < -0.3 is 25.4 Å².